The molecule has 2 aliphatic heterocycles. The standard InChI is InChI=1S/C69H124N12O14/c1-26-28-29-44(13)58(82)57-62(86)72-50(27-2)65(89)74(19)49(18)64(88)79(24)56(45(14)37-94-32-30-81-31-33-95-38-46(81)15)61(85)73-54(42(9)10)68(92)75(20)51(34-39(3)4)60(84)70-47(16)59(83)71-48(17)63(87)76(21)52(35-40(5)6)66(90)77(22)53(36-41(7)8)67(91)78(23)55(43(11)12)69(93)80(57)25/h26,28,39-58,82H,27,29-38H2,1-25H3,(H,70,84)(H,71,83)(H,72,86)(H,73,85)/b28-26+/t44-,45-,46+,47+,48-,49-,50+,51+,52+,53+,54+,55+,56+,57+,58-/m1/s1. The zero-order valence-electron chi connectivity index (χ0n) is 62.3. The van der Waals surface area contributed by atoms with Crippen LogP contribution in [0.3, 0.4) is 0 Å². The lowest BCUT2D eigenvalue weighted by Gasteiger charge is -2.41. The predicted octanol–water partition coefficient (Wildman–Crippen LogP) is 2.98. The van der Waals surface area contributed by atoms with Crippen molar-refractivity contribution in [3.8, 4) is 0 Å². The van der Waals surface area contributed by atoms with Crippen LogP contribution in [0.25, 0.3) is 0 Å². The number of ether oxygens (including phenoxy) is 2. The highest BCUT2D eigenvalue weighted by Crippen LogP contribution is 2.26. The average Bonchev–Trinajstić information content (AvgIpc) is 0.814. The van der Waals surface area contributed by atoms with Gasteiger partial charge in [0.05, 0.1) is 32.5 Å². The first kappa shape index (κ1) is 84.8. The number of likely N-dealkylation sites (N-methyl/N-ethyl adjacent to an activating group) is 7. The minimum atomic E-state index is -1.64. The molecule has 2 saturated heterocycles. The van der Waals surface area contributed by atoms with Gasteiger partial charge < -0.3 is 70.1 Å². The van der Waals surface area contributed by atoms with Crippen molar-refractivity contribution in [3.63, 3.8) is 0 Å². The Balaban J connectivity index is 3.02. The van der Waals surface area contributed by atoms with Crippen molar-refractivity contribution in [2.24, 2.45) is 41.4 Å². The summed E-state index contributed by atoms with van der Waals surface area (Å²) < 4.78 is 11.8. The monoisotopic (exact) mass is 1340 g/mol. The molecule has 2 rings (SSSR count). The SMILES string of the molecule is C/C=C/C[C@@H](C)[C@@H](O)[C@H]1C(=O)N[C@@H](CC)C(=O)N(C)[C@H](C)C(=O)N(C)[C@@H]([C@H](C)COCCN2CCOC[C@@H]2C)C(=O)N[C@@H](C(C)C)C(=O)N(C)[C@@H](CC(C)C)C(=O)N[C@@H](C)C(=O)N[C@H](C)C(=O)N(C)[C@@H](CC(C)C)C(=O)N(C)[C@@H](CC(C)C)C(=O)N(C)[C@@H](C(C)C)C(=O)N1C. The number of hydrogen-bond acceptors (Lipinski definition) is 15. The maximum absolute atomic E-state index is 15.3. The molecule has 26 heteroatoms. The fourth-order valence-electron chi connectivity index (χ4n) is 12.4. The van der Waals surface area contributed by atoms with Crippen LogP contribution < -0.4 is 21.3 Å². The molecular formula is C69H124N12O14. The number of aliphatic hydroxyl groups excluding tert-OH is 1. The van der Waals surface area contributed by atoms with E-state index in [2.05, 4.69) is 33.1 Å². The van der Waals surface area contributed by atoms with E-state index in [1.165, 1.54) is 94.6 Å². The number of carbonyl (C=O) groups excluding carboxylic acids is 11. The van der Waals surface area contributed by atoms with Gasteiger partial charge in [0.2, 0.25) is 65.0 Å². The summed E-state index contributed by atoms with van der Waals surface area (Å²) in [5.41, 5.74) is 0. The third-order valence-corrected chi connectivity index (χ3v) is 18.7. The number of nitrogens with one attached hydrogen (secondary N) is 4. The van der Waals surface area contributed by atoms with Crippen molar-refractivity contribution >= 4 is 65.0 Å². The van der Waals surface area contributed by atoms with E-state index in [1.807, 2.05) is 47.6 Å². The molecule has 2 heterocycles. The van der Waals surface area contributed by atoms with Crippen LogP contribution in [0.1, 0.15) is 157 Å². The lowest BCUT2D eigenvalue weighted by molar-refractivity contribution is -0.157. The van der Waals surface area contributed by atoms with Crippen LogP contribution in [0.2, 0.25) is 0 Å². The topological polar surface area (TPSA) is 300 Å². The minimum Gasteiger partial charge on any atom is -0.390 e. The second-order valence-corrected chi connectivity index (χ2v) is 28.8. The number of rotatable bonds is 19. The molecule has 95 heavy (non-hydrogen) atoms. The van der Waals surface area contributed by atoms with Crippen molar-refractivity contribution in [2.75, 3.05) is 88.9 Å². The fraction of sp³-hybridized carbons (Fsp3) is 0.812. The maximum atomic E-state index is 15.3. The zero-order chi connectivity index (χ0) is 73.0. The summed E-state index contributed by atoms with van der Waals surface area (Å²) in [6, 6.07) is -13.9. The second kappa shape index (κ2) is 39.2. The largest absolute Gasteiger partial charge is 0.390 e. The molecule has 26 nitrogen and oxygen atoms in total. The Labute approximate surface area is 568 Å². The Hall–Kier alpha value is -6.25. The van der Waals surface area contributed by atoms with E-state index in [9.17, 15) is 33.9 Å². The van der Waals surface area contributed by atoms with E-state index in [4.69, 9.17) is 9.47 Å². The van der Waals surface area contributed by atoms with Crippen molar-refractivity contribution in [2.45, 2.75) is 235 Å². The van der Waals surface area contributed by atoms with E-state index in [0.717, 1.165) is 9.80 Å². The molecule has 2 fully saturated rings. The number of aliphatic hydroxyl groups is 1. The molecule has 0 spiro atoms. The van der Waals surface area contributed by atoms with E-state index in [1.54, 1.807) is 61.5 Å². The van der Waals surface area contributed by atoms with Gasteiger partial charge in [-0.05, 0) is 102 Å². The molecule has 0 aromatic heterocycles. The van der Waals surface area contributed by atoms with Crippen molar-refractivity contribution < 1.29 is 67.3 Å². The summed E-state index contributed by atoms with van der Waals surface area (Å²) in [5.74, 6) is -10.7. The van der Waals surface area contributed by atoms with Crippen molar-refractivity contribution in [1.82, 2.24) is 60.5 Å². The van der Waals surface area contributed by atoms with Crippen LogP contribution in [-0.4, -0.2) is 277 Å². The smallest absolute Gasteiger partial charge is 0.246 e. The summed E-state index contributed by atoms with van der Waals surface area (Å²) in [4.78, 5) is 174. The summed E-state index contributed by atoms with van der Waals surface area (Å²) in [7, 11) is 9.93. The summed E-state index contributed by atoms with van der Waals surface area (Å²) in [6.07, 6.45) is 2.77. The highest BCUT2D eigenvalue weighted by atomic mass is 16.5. The van der Waals surface area contributed by atoms with Crippen molar-refractivity contribution in [3.05, 3.63) is 12.2 Å². The fourth-order valence-corrected chi connectivity index (χ4v) is 12.4. The molecule has 544 valence electrons. The molecule has 0 radical (unpaired) electrons. The molecule has 0 aliphatic carbocycles. The number of carbonyl (C=O) groups is 11. The average molecular weight is 1350 g/mol. The lowest BCUT2D eigenvalue weighted by Crippen LogP contribution is -2.64. The molecule has 0 bridgehead atoms. The van der Waals surface area contributed by atoms with Gasteiger partial charge in [0.15, 0.2) is 0 Å². The first-order chi connectivity index (χ1) is 44.1. The Kier molecular flexibility index (Phi) is 35.0. The van der Waals surface area contributed by atoms with Gasteiger partial charge in [-0.2, -0.15) is 0 Å². The van der Waals surface area contributed by atoms with E-state index in [-0.39, 0.29) is 62.7 Å². The van der Waals surface area contributed by atoms with E-state index < -0.39 is 161 Å². The molecule has 15 atom stereocenters. The van der Waals surface area contributed by atoms with Crippen LogP contribution in [-0.2, 0) is 62.2 Å². The highest BCUT2D eigenvalue weighted by Gasteiger charge is 2.46. The quantitative estimate of drug-likeness (QED) is 0.0918. The van der Waals surface area contributed by atoms with Gasteiger partial charge in [-0.1, -0.05) is 102 Å². The van der Waals surface area contributed by atoms with Gasteiger partial charge in [0, 0.05) is 74.4 Å². The van der Waals surface area contributed by atoms with E-state index in [0.29, 0.717) is 32.7 Å². The number of nitrogens with zero attached hydrogens (tertiary/aromatic N) is 8. The number of allylic oxidation sites excluding steroid dienone is 2. The summed E-state index contributed by atoms with van der Waals surface area (Å²) >= 11 is 0. The van der Waals surface area contributed by atoms with Gasteiger partial charge in [-0.3, -0.25) is 57.6 Å². The molecule has 0 aromatic rings. The van der Waals surface area contributed by atoms with Gasteiger partial charge in [-0.25, -0.2) is 0 Å². The van der Waals surface area contributed by atoms with Crippen LogP contribution >= 0.6 is 0 Å². The predicted molar refractivity (Wildman–Crippen MR) is 365 cm³/mol. The normalized spacial score (nSPS) is 28.4. The lowest BCUT2D eigenvalue weighted by atomic mass is 9.91. The van der Waals surface area contributed by atoms with Gasteiger partial charge >= 0.3 is 0 Å². The summed E-state index contributed by atoms with van der Waals surface area (Å²) in [5, 5.41) is 23.3. The first-order valence-electron chi connectivity index (χ1n) is 34.4. The Morgan fingerprint density at radius 3 is 1.52 bits per heavy atom. The Bertz CT molecular complexity index is 2600. The molecule has 0 aromatic carbocycles. The highest BCUT2D eigenvalue weighted by molar-refractivity contribution is 6.00. The molecular weight excluding hydrogens is 1220 g/mol. The number of morpholine rings is 1. The molecule has 0 unspecified atom stereocenters. The van der Waals surface area contributed by atoms with Gasteiger partial charge in [0.1, 0.15) is 66.5 Å². The maximum Gasteiger partial charge on any atom is 0.246 e. The molecule has 11 amide bonds. The molecule has 0 saturated carbocycles. The zero-order valence-corrected chi connectivity index (χ0v) is 62.3. The second-order valence-electron chi connectivity index (χ2n) is 28.8. The number of hydrogen-bond donors (Lipinski definition) is 5. The van der Waals surface area contributed by atoms with E-state index >= 15 is 24.0 Å². The summed E-state index contributed by atoms with van der Waals surface area (Å²) in [6.45, 7) is 34.1. The van der Waals surface area contributed by atoms with Crippen LogP contribution in [0.15, 0.2) is 12.2 Å². The van der Waals surface area contributed by atoms with Gasteiger partial charge in [-0.15, -0.1) is 0 Å². The number of amides is 11. The molecule has 2 aliphatic rings. The van der Waals surface area contributed by atoms with Gasteiger partial charge in [0.25, 0.3) is 0 Å². The van der Waals surface area contributed by atoms with Crippen LogP contribution in [0.5, 0.6) is 0 Å². The Morgan fingerprint density at radius 1 is 0.526 bits per heavy atom. The minimum absolute atomic E-state index is 0.00791. The van der Waals surface area contributed by atoms with Crippen LogP contribution in [0, 0.1) is 41.4 Å². The third-order valence-electron chi connectivity index (χ3n) is 18.7. The van der Waals surface area contributed by atoms with Crippen LogP contribution in [0.4, 0.5) is 0 Å². The first-order valence-corrected chi connectivity index (χ1v) is 34.4. The Morgan fingerprint density at radius 2 is 1.01 bits per heavy atom. The third kappa shape index (κ3) is 23.5. The molecule has 5 N–H and O–H groups in total. The van der Waals surface area contributed by atoms with Crippen molar-refractivity contribution in [1.29, 1.82) is 0 Å².